The summed E-state index contributed by atoms with van der Waals surface area (Å²) >= 11 is 0. The summed E-state index contributed by atoms with van der Waals surface area (Å²) in [5, 5.41) is 0. The highest BCUT2D eigenvalue weighted by atomic mass is 16.5. The number of benzene rings is 1. The van der Waals surface area contributed by atoms with Crippen molar-refractivity contribution < 1.29 is 4.74 Å². The molecule has 0 radical (unpaired) electrons. The van der Waals surface area contributed by atoms with Gasteiger partial charge in [0.25, 0.3) is 0 Å². The van der Waals surface area contributed by atoms with Crippen molar-refractivity contribution >= 4 is 0 Å². The molecule has 1 heteroatoms. The Morgan fingerprint density at radius 1 is 1.12 bits per heavy atom. The molecule has 1 spiro atoms. The summed E-state index contributed by atoms with van der Waals surface area (Å²) in [7, 11) is 0. The van der Waals surface area contributed by atoms with Gasteiger partial charge in [-0.1, -0.05) is 19.1 Å². The molecule has 2 saturated carbocycles. The Balaban J connectivity index is 1.59. The van der Waals surface area contributed by atoms with E-state index in [1.807, 2.05) is 6.92 Å². The minimum atomic E-state index is 0.753. The molecular weight excluding hydrogens is 208 g/mol. The molecule has 0 amide bonds. The molecule has 0 N–H and O–H groups in total. The van der Waals surface area contributed by atoms with Crippen LogP contribution < -0.4 is 4.74 Å². The number of hydrogen-bond donors (Lipinski definition) is 0. The van der Waals surface area contributed by atoms with E-state index in [9.17, 15) is 0 Å². The molecule has 1 aromatic rings. The molecule has 0 heterocycles. The first-order valence-electron chi connectivity index (χ1n) is 6.93. The average Bonchev–Trinajstić information content (AvgIpc) is 2.23. The van der Waals surface area contributed by atoms with Gasteiger partial charge in [-0.15, -0.1) is 0 Å². The molecule has 0 bridgehead atoms. The fraction of sp³-hybridized carbons (Fsp3) is 0.625. The molecule has 2 aliphatic carbocycles. The molecule has 0 aliphatic heterocycles. The van der Waals surface area contributed by atoms with Crippen LogP contribution in [0.3, 0.4) is 0 Å². The molecule has 2 aliphatic rings. The maximum absolute atomic E-state index is 5.48. The predicted octanol–water partition coefficient (Wildman–Crippen LogP) is 4.38. The van der Waals surface area contributed by atoms with Crippen LogP contribution >= 0.6 is 0 Å². The van der Waals surface area contributed by atoms with Crippen LogP contribution in [0, 0.1) is 11.3 Å². The lowest BCUT2D eigenvalue weighted by atomic mass is 9.47. The van der Waals surface area contributed by atoms with Gasteiger partial charge in [0.1, 0.15) is 5.75 Å². The van der Waals surface area contributed by atoms with Gasteiger partial charge in [-0.25, -0.2) is 0 Å². The lowest BCUT2D eigenvalue weighted by Crippen LogP contribution is -2.45. The molecule has 0 atom stereocenters. The topological polar surface area (TPSA) is 9.23 Å². The predicted molar refractivity (Wildman–Crippen MR) is 70.4 cm³/mol. The third kappa shape index (κ3) is 1.96. The van der Waals surface area contributed by atoms with E-state index in [0.717, 1.165) is 29.6 Å². The normalized spacial score (nSPS) is 35.2. The van der Waals surface area contributed by atoms with Crippen molar-refractivity contribution in [3.05, 3.63) is 29.8 Å². The smallest absolute Gasteiger partial charge is 0.119 e. The molecule has 1 nitrogen and oxygen atoms in total. The second-order valence-corrected chi connectivity index (χ2v) is 6.12. The molecule has 0 unspecified atom stereocenters. The molecule has 3 rings (SSSR count). The van der Waals surface area contributed by atoms with Crippen molar-refractivity contribution in [1.29, 1.82) is 0 Å². The molecule has 0 saturated heterocycles. The second kappa shape index (κ2) is 4.04. The van der Waals surface area contributed by atoms with Gasteiger partial charge in [-0.3, -0.25) is 0 Å². The van der Waals surface area contributed by atoms with Crippen molar-refractivity contribution in [3.63, 3.8) is 0 Å². The van der Waals surface area contributed by atoms with Crippen molar-refractivity contribution in [2.75, 3.05) is 6.61 Å². The van der Waals surface area contributed by atoms with Crippen molar-refractivity contribution in [3.8, 4) is 5.75 Å². The zero-order valence-corrected chi connectivity index (χ0v) is 10.9. The summed E-state index contributed by atoms with van der Waals surface area (Å²) in [5.74, 6) is 2.80. The first-order valence-corrected chi connectivity index (χ1v) is 6.93. The van der Waals surface area contributed by atoms with Gasteiger partial charge in [-0.2, -0.15) is 0 Å². The Morgan fingerprint density at radius 2 is 1.76 bits per heavy atom. The Bertz CT molecular complexity index is 378. The SMILES string of the molecule is CCOc1ccc(C2CC3(CC(C)C3)C2)cc1. The van der Waals surface area contributed by atoms with Crippen molar-refractivity contribution in [1.82, 2.24) is 0 Å². The lowest BCUT2D eigenvalue weighted by Gasteiger charge is -2.57. The van der Waals surface area contributed by atoms with Gasteiger partial charge < -0.3 is 4.74 Å². The number of hydrogen-bond acceptors (Lipinski definition) is 1. The van der Waals surface area contributed by atoms with Crippen LogP contribution in [-0.2, 0) is 0 Å². The van der Waals surface area contributed by atoms with Crippen LogP contribution in [0.25, 0.3) is 0 Å². The summed E-state index contributed by atoms with van der Waals surface area (Å²) in [4.78, 5) is 0. The molecule has 2 fully saturated rings. The van der Waals surface area contributed by atoms with E-state index in [1.54, 1.807) is 0 Å². The molecule has 17 heavy (non-hydrogen) atoms. The molecular formula is C16H22O. The number of ether oxygens (including phenoxy) is 1. The van der Waals surface area contributed by atoms with E-state index >= 15 is 0 Å². The van der Waals surface area contributed by atoms with E-state index in [0.29, 0.717) is 0 Å². The maximum atomic E-state index is 5.48. The zero-order chi connectivity index (χ0) is 11.9. The zero-order valence-electron chi connectivity index (χ0n) is 10.9. The Labute approximate surface area is 104 Å². The average molecular weight is 230 g/mol. The van der Waals surface area contributed by atoms with E-state index in [1.165, 1.54) is 31.2 Å². The first kappa shape index (κ1) is 11.1. The molecule has 0 aromatic heterocycles. The van der Waals surface area contributed by atoms with Crippen LogP contribution in [0.5, 0.6) is 5.75 Å². The number of rotatable bonds is 3. The molecule has 92 valence electrons. The maximum Gasteiger partial charge on any atom is 0.119 e. The summed E-state index contributed by atoms with van der Waals surface area (Å²) in [5.41, 5.74) is 2.27. The van der Waals surface area contributed by atoms with Gasteiger partial charge in [0.05, 0.1) is 6.61 Å². The van der Waals surface area contributed by atoms with Gasteiger partial charge in [0.15, 0.2) is 0 Å². The van der Waals surface area contributed by atoms with Crippen molar-refractivity contribution in [2.45, 2.75) is 45.4 Å². The van der Waals surface area contributed by atoms with Gasteiger partial charge in [-0.05, 0) is 67.6 Å². The summed E-state index contributed by atoms with van der Waals surface area (Å²) < 4.78 is 5.48. The van der Waals surface area contributed by atoms with Crippen LogP contribution in [0.15, 0.2) is 24.3 Å². The quantitative estimate of drug-likeness (QED) is 0.748. The third-order valence-electron chi connectivity index (χ3n) is 4.58. The lowest BCUT2D eigenvalue weighted by molar-refractivity contribution is -0.0341. The highest BCUT2D eigenvalue weighted by Gasteiger charge is 2.51. The summed E-state index contributed by atoms with van der Waals surface area (Å²) in [6.45, 7) is 5.17. The Hall–Kier alpha value is -0.980. The van der Waals surface area contributed by atoms with Gasteiger partial charge >= 0.3 is 0 Å². The summed E-state index contributed by atoms with van der Waals surface area (Å²) in [6, 6.07) is 8.75. The van der Waals surface area contributed by atoms with Crippen LogP contribution in [0.2, 0.25) is 0 Å². The minimum Gasteiger partial charge on any atom is -0.494 e. The van der Waals surface area contributed by atoms with E-state index in [4.69, 9.17) is 4.74 Å². The largest absolute Gasteiger partial charge is 0.494 e. The second-order valence-electron chi connectivity index (χ2n) is 6.12. The van der Waals surface area contributed by atoms with Crippen LogP contribution in [0.1, 0.15) is 51.0 Å². The standard InChI is InChI=1S/C16H22O/c1-3-17-15-6-4-13(5-7-15)14-10-16(11-14)8-12(2)9-16/h4-7,12,14H,3,8-11H2,1-2H3. The van der Waals surface area contributed by atoms with Crippen LogP contribution in [0.4, 0.5) is 0 Å². The third-order valence-corrected chi connectivity index (χ3v) is 4.58. The van der Waals surface area contributed by atoms with Gasteiger partial charge in [0, 0.05) is 0 Å². The highest BCUT2D eigenvalue weighted by Crippen LogP contribution is 2.63. The van der Waals surface area contributed by atoms with Crippen molar-refractivity contribution in [2.24, 2.45) is 11.3 Å². The van der Waals surface area contributed by atoms with E-state index in [2.05, 4.69) is 31.2 Å². The van der Waals surface area contributed by atoms with Crippen LogP contribution in [-0.4, -0.2) is 6.61 Å². The first-order chi connectivity index (χ1) is 8.21. The fourth-order valence-electron chi connectivity index (χ4n) is 3.98. The van der Waals surface area contributed by atoms with E-state index in [-0.39, 0.29) is 0 Å². The Kier molecular flexibility index (Phi) is 2.65. The fourth-order valence-corrected chi connectivity index (χ4v) is 3.98. The molecule has 1 aromatic carbocycles. The Morgan fingerprint density at radius 3 is 2.29 bits per heavy atom. The van der Waals surface area contributed by atoms with E-state index < -0.39 is 0 Å². The summed E-state index contributed by atoms with van der Waals surface area (Å²) in [6.07, 6.45) is 5.79. The monoisotopic (exact) mass is 230 g/mol. The highest BCUT2D eigenvalue weighted by molar-refractivity contribution is 5.31. The van der Waals surface area contributed by atoms with Gasteiger partial charge in [0.2, 0.25) is 0 Å². The minimum absolute atomic E-state index is 0.753.